The molecule has 6 heteroatoms. The molecule has 5 nitrogen and oxygen atoms in total. The van der Waals surface area contributed by atoms with E-state index in [0.29, 0.717) is 11.6 Å². The Morgan fingerprint density at radius 1 is 1.12 bits per heavy atom. The molecule has 2 rings (SSSR count). The third-order valence-corrected chi connectivity index (χ3v) is 2.30. The zero-order valence-electron chi connectivity index (χ0n) is 9.43. The zero-order chi connectivity index (χ0) is 11.6. The minimum absolute atomic E-state index is 0.0195. The molecule has 0 aromatic carbocycles. The highest BCUT2D eigenvalue weighted by Gasteiger charge is 2.14. The van der Waals surface area contributed by atoms with Gasteiger partial charge in [0.25, 0.3) is 0 Å². The maximum atomic E-state index is 4.34. The van der Waals surface area contributed by atoms with Gasteiger partial charge in [0, 0.05) is 29.5 Å². The van der Waals surface area contributed by atoms with Crippen molar-refractivity contribution in [2.45, 2.75) is 26.3 Å². The van der Waals surface area contributed by atoms with Gasteiger partial charge in [-0.1, -0.05) is 0 Å². The fourth-order valence-electron chi connectivity index (χ4n) is 1.10. The van der Waals surface area contributed by atoms with Crippen LogP contribution in [0.5, 0.6) is 0 Å². The molecule has 0 atom stereocenters. The molecule has 0 aliphatic rings. The predicted molar refractivity (Wildman–Crippen MR) is 64.3 cm³/mol. The van der Waals surface area contributed by atoms with E-state index in [4.69, 9.17) is 0 Å². The first-order valence-corrected chi connectivity index (χ1v) is 5.71. The summed E-state index contributed by atoms with van der Waals surface area (Å²) in [6.45, 7) is 6.23. The van der Waals surface area contributed by atoms with Gasteiger partial charge in [-0.15, -0.1) is 0 Å². The standard InChI is InChI=1S/C10H13N5S/c1-10(2,3)14-9-13-8(15-16-9)7-11-5-4-6-12-7/h4-6H,1-3H3,(H,13,14,15). The summed E-state index contributed by atoms with van der Waals surface area (Å²) in [5.41, 5.74) is -0.0195. The Labute approximate surface area is 98.2 Å². The molecule has 2 heterocycles. The van der Waals surface area contributed by atoms with Crippen LogP contribution < -0.4 is 5.32 Å². The van der Waals surface area contributed by atoms with E-state index in [9.17, 15) is 0 Å². The summed E-state index contributed by atoms with van der Waals surface area (Å²) in [5, 5.41) is 4.05. The fourth-order valence-corrected chi connectivity index (χ4v) is 1.87. The van der Waals surface area contributed by atoms with E-state index < -0.39 is 0 Å². The largest absolute Gasteiger partial charge is 0.356 e. The summed E-state index contributed by atoms with van der Waals surface area (Å²) in [5.74, 6) is 1.12. The summed E-state index contributed by atoms with van der Waals surface area (Å²) in [7, 11) is 0. The molecule has 0 saturated carbocycles. The third-order valence-electron chi connectivity index (χ3n) is 1.67. The summed E-state index contributed by atoms with van der Waals surface area (Å²) >= 11 is 1.32. The first kappa shape index (κ1) is 10.9. The Bertz CT molecular complexity index is 460. The van der Waals surface area contributed by atoms with Crippen LogP contribution in [0.1, 0.15) is 20.8 Å². The number of hydrogen-bond acceptors (Lipinski definition) is 6. The number of rotatable bonds is 2. The third kappa shape index (κ3) is 2.73. The number of hydrogen-bond donors (Lipinski definition) is 1. The van der Waals surface area contributed by atoms with Crippen molar-refractivity contribution in [3.05, 3.63) is 18.5 Å². The van der Waals surface area contributed by atoms with E-state index in [1.165, 1.54) is 11.5 Å². The number of nitrogens with zero attached hydrogens (tertiary/aromatic N) is 4. The van der Waals surface area contributed by atoms with Crippen LogP contribution in [0, 0.1) is 0 Å². The molecule has 0 saturated heterocycles. The minimum atomic E-state index is -0.0195. The maximum Gasteiger partial charge on any atom is 0.212 e. The second-order valence-corrected chi connectivity index (χ2v) is 5.12. The second kappa shape index (κ2) is 4.13. The van der Waals surface area contributed by atoms with Gasteiger partial charge in [-0.3, -0.25) is 0 Å². The van der Waals surface area contributed by atoms with Gasteiger partial charge in [-0.25, -0.2) is 9.97 Å². The number of aromatic nitrogens is 4. The lowest BCUT2D eigenvalue weighted by Crippen LogP contribution is -2.25. The quantitative estimate of drug-likeness (QED) is 0.864. The molecule has 0 aliphatic heterocycles. The summed E-state index contributed by atoms with van der Waals surface area (Å²) < 4.78 is 4.21. The van der Waals surface area contributed by atoms with Crippen LogP contribution >= 0.6 is 11.5 Å². The first-order chi connectivity index (χ1) is 7.54. The molecule has 2 aromatic heterocycles. The van der Waals surface area contributed by atoms with Crippen LogP contribution in [0.2, 0.25) is 0 Å². The van der Waals surface area contributed by atoms with E-state index in [1.807, 2.05) is 0 Å². The molecule has 0 unspecified atom stereocenters. The van der Waals surface area contributed by atoms with Gasteiger partial charge in [0.05, 0.1) is 0 Å². The molecule has 0 bridgehead atoms. The van der Waals surface area contributed by atoms with Crippen molar-refractivity contribution in [3.63, 3.8) is 0 Å². The normalized spacial score (nSPS) is 11.4. The van der Waals surface area contributed by atoms with E-state index in [2.05, 4.69) is 45.4 Å². The number of anilines is 1. The Morgan fingerprint density at radius 2 is 1.81 bits per heavy atom. The highest BCUT2D eigenvalue weighted by atomic mass is 32.1. The van der Waals surface area contributed by atoms with Gasteiger partial charge in [0.1, 0.15) is 0 Å². The van der Waals surface area contributed by atoms with Crippen LogP contribution in [0.15, 0.2) is 18.5 Å². The lowest BCUT2D eigenvalue weighted by Gasteiger charge is -2.18. The predicted octanol–water partition coefficient (Wildman–Crippen LogP) is 2.21. The molecular weight excluding hydrogens is 222 g/mol. The van der Waals surface area contributed by atoms with Crippen molar-refractivity contribution in [2.24, 2.45) is 0 Å². The lowest BCUT2D eigenvalue weighted by atomic mass is 10.1. The Kier molecular flexibility index (Phi) is 2.82. The molecule has 2 aromatic rings. The van der Waals surface area contributed by atoms with Crippen molar-refractivity contribution >= 4 is 16.7 Å². The van der Waals surface area contributed by atoms with E-state index in [-0.39, 0.29) is 5.54 Å². The molecule has 1 N–H and O–H groups in total. The zero-order valence-corrected chi connectivity index (χ0v) is 10.2. The fraction of sp³-hybridized carbons (Fsp3) is 0.400. The van der Waals surface area contributed by atoms with Crippen LogP contribution in [0.3, 0.4) is 0 Å². The van der Waals surface area contributed by atoms with Crippen molar-refractivity contribution in [1.82, 2.24) is 19.3 Å². The van der Waals surface area contributed by atoms with Gasteiger partial charge in [0.2, 0.25) is 11.0 Å². The molecular formula is C10H13N5S. The van der Waals surface area contributed by atoms with Gasteiger partial charge < -0.3 is 5.32 Å². The lowest BCUT2D eigenvalue weighted by molar-refractivity contribution is 0.633. The average molecular weight is 235 g/mol. The Balaban J connectivity index is 2.21. The second-order valence-electron chi connectivity index (χ2n) is 4.37. The topological polar surface area (TPSA) is 63.6 Å². The van der Waals surface area contributed by atoms with Gasteiger partial charge >= 0.3 is 0 Å². The molecule has 0 spiro atoms. The maximum absolute atomic E-state index is 4.34. The first-order valence-electron chi connectivity index (χ1n) is 4.94. The SMILES string of the molecule is CC(C)(C)Nc1nc(-c2ncccn2)ns1. The van der Waals surface area contributed by atoms with Crippen molar-refractivity contribution in [2.75, 3.05) is 5.32 Å². The minimum Gasteiger partial charge on any atom is -0.356 e. The van der Waals surface area contributed by atoms with Gasteiger partial charge in [0.15, 0.2) is 5.82 Å². The van der Waals surface area contributed by atoms with Gasteiger partial charge in [-0.2, -0.15) is 9.36 Å². The van der Waals surface area contributed by atoms with Crippen molar-refractivity contribution < 1.29 is 0 Å². The van der Waals surface area contributed by atoms with Crippen LogP contribution in [0.25, 0.3) is 11.6 Å². The summed E-state index contributed by atoms with van der Waals surface area (Å²) in [6, 6.07) is 1.77. The Morgan fingerprint density at radius 3 is 2.44 bits per heavy atom. The highest BCUT2D eigenvalue weighted by molar-refractivity contribution is 7.09. The molecule has 0 radical (unpaired) electrons. The average Bonchev–Trinajstić information content (AvgIpc) is 2.65. The molecule has 0 fully saturated rings. The summed E-state index contributed by atoms with van der Waals surface area (Å²) in [6.07, 6.45) is 3.36. The van der Waals surface area contributed by atoms with E-state index in [0.717, 1.165) is 5.13 Å². The molecule has 84 valence electrons. The van der Waals surface area contributed by atoms with Crippen LogP contribution in [-0.2, 0) is 0 Å². The summed E-state index contributed by atoms with van der Waals surface area (Å²) in [4.78, 5) is 12.5. The molecule has 16 heavy (non-hydrogen) atoms. The highest BCUT2D eigenvalue weighted by Crippen LogP contribution is 2.20. The van der Waals surface area contributed by atoms with E-state index >= 15 is 0 Å². The number of nitrogens with one attached hydrogen (secondary N) is 1. The smallest absolute Gasteiger partial charge is 0.212 e. The van der Waals surface area contributed by atoms with Crippen molar-refractivity contribution in [1.29, 1.82) is 0 Å². The molecule has 0 amide bonds. The van der Waals surface area contributed by atoms with E-state index in [1.54, 1.807) is 18.5 Å². The van der Waals surface area contributed by atoms with Crippen LogP contribution in [-0.4, -0.2) is 24.9 Å². The van der Waals surface area contributed by atoms with Crippen LogP contribution in [0.4, 0.5) is 5.13 Å². The van der Waals surface area contributed by atoms with Gasteiger partial charge in [-0.05, 0) is 26.8 Å². The molecule has 0 aliphatic carbocycles. The monoisotopic (exact) mass is 235 g/mol. The van der Waals surface area contributed by atoms with Crippen molar-refractivity contribution in [3.8, 4) is 11.6 Å². The Hall–Kier alpha value is -1.56.